The quantitative estimate of drug-likeness (QED) is 0.644. The van der Waals surface area contributed by atoms with Crippen molar-refractivity contribution in [1.29, 1.82) is 0 Å². The van der Waals surface area contributed by atoms with Gasteiger partial charge in [0.05, 0.1) is 19.4 Å². The second kappa shape index (κ2) is 10.1. The Morgan fingerprint density at radius 2 is 1.75 bits per heavy atom. The molecule has 2 aromatic rings. The largest absolute Gasteiger partial charge is 0.467 e. The van der Waals surface area contributed by atoms with Gasteiger partial charge in [0.1, 0.15) is 5.76 Å². The molecule has 0 bridgehead atoms. The predicted molar refractivity (Wildman–Crippen MR) is 104 cm³/mol. The second-order valence-electron chi connectivity index (χ2n) is 6.70. The van der Waals surface area contributed by atoms with Crippen molar-refractivity contribution in [2.45, 2.75) is 33.0 Å². The Balaban J connectivity index is 1.80. The van der Waals surface area contributed by atoms with Gasteiger partial charge in [0, 0.05) is 25.2 Å². The number of furan rings is 1. The molecule has 8 heteroatoms. The maximum atomic E-state index is 12.5. The predicted octanol–water partition coefficient (Wildman–Crippen LogP) is 1.88. The molecule has 3 N–H and O–H groups in total. The minimum atomic E-state index is -0.274. The van der Waals surface area contributed by atoms with E-state index in [1.165, 1.54) is 11.2 Å². The zero-order valence-corrected chi connectivity index (χ0v) is 16.3. The van der Waals surface area contributed by atoms with Crippen LogP contribution in [-0.4, -0.2) is 42.4 Å². The van der Waals surface area contributed by atoms with Gasteiger partial charge in [0.2, 0.25) is 5.91 Å². The van der Waals surface area contributed by atoms with E-state index in [4.69, 9.17) is 4.42 Å². The van der Waals surface area contributed by atoms with E-state index >= 15 is 0 Å². The van der Waals surface area contributed by atoms with Crippen LogP contribution in [0.4, 0.5) is 4.79 Å². The van der Waals surface area contributed by atoms with E-state index in [2.05, 4.69) is 16.0 Å². The third-order valence-electron chi connectivity index (χ3n) is 3.84. The van der Waals surface area contributed by atoms with Crippen molar-refractivity contribution in [3.05, 3.63) is 59.5 Å². The lowest BCUT2D eigenvalue weighted by atomic mass is 10.1. The fraction of sp³-hybridized carbons (Fsp3) is 0.350. The summed E-state index contributed by atoms with van der Waals surface area (Å²) in [6.07, 6.45) is 1.53. The van der Waals surface area contributed by atoms with Gasteiger partial charge in [-0.3, -0.25) is 9.59 Å². The molecule has 0 radical (unpaired) electrons. The first-order valence-corrected chi connectivity index (χ1v) is 9.03. The van der Waals surface area contributed by atoms with Crippen LogP contribution in [-0.2, 0) is 17.9 Å². The van der Waals surface area contributed by atoms with Crippen LogP contribution in [0.15, 0.2) is 47.1 Å². The smallest absolute Gasteiger partial charge is 0.315 e. The molecule has 28 heavy (non-hydrogen) atoms. The summed E-state index contributed by atoms with van der Waals surface area (Å²) in [4.78, 5) is 37.4. The molecule has 8 nitrogen and oxygen atoms in total. The van der Waals surface area contributed by atoms with Gasteiger partial charge in [-0.1, -0.05) is 12.1 Å². The molecule has 2 rings (SSSR count). The summed E-state index contributed by atoms with van der Waals surface area (Å²) < 4.78 is 5.14. The first kappa shape index (κ1) is 21.0. The average molecular weight is 386 g/mol. The van der Waals surface area contributed by atoms with E-state index in [0.717, 1.165) is 5.56 Å². The second-order valence-corrected chi connectivity index (χ2v) is 6.70. The standard InChI is InChI=1S/C20H26N4O4/c1-14(2)23-20(27)22-11-15-6-8-16(9-7-15)19(26)24(3)13-18(25)21-12-17-5-4-10-28-17/h4-10,14H,11-13H2,1-3H3,(H,21,25)(H2,22,23,27). The lowest BCUT2D eigenvalue weighted by Crippen LogP contribution is -2.39. The van der Waals surface area contributed by atoms with E-state index < -0.39 is 0 Å². The van der Waals surface area contributed by atoms with Crippen LogP contribution in [0.25, 0.3) is 0 Å². The van der Waals surface area contributed by atoms with Crippen molar-refractivity contribution in [3.63, 3.8) is 0 Å². The Morgan fingerprint density at radius 1 is 1.04 bits per heavy atom. The SMILES string of the molecule is CC(C)NC(=O)NCc1ccc(C(=O)N(C)CC(=O)NCc2ccco2)cc1. The Hall–Kier alpha value is -3.29. The summed E-state index contributed by atoms with van der Waals surface area (Å²) in [5, 5.41) is 8.19. The molecule has 0 spiro atoms. The Kier molecular flexibility index (Phi) is 7.62. The highest BCUT2D eigenvalue weighted by Gasteiger charge is 2.15. The molecule has 150 valence electrons. The van der Waals surface area contributed by atoms with Crippen molar-refractivity contribution in [2.75, 3.05) is 13.6 Å². The molecule has 1 aromatic carbocycles. The number of carbonyl (C=O) groups is 3. The number of nitrogens with one attached hydrogen (secondary N) is 3. The third-order valence-corrected chi connectivity index (χ3v) is 3.84. The number of amides is 4. The topological polar surface area (TPSA) is 104 Å². The van der Waals surface area contributed by atoms with Gasteiger partial charge in [-0.25, -0.2) is 4.79 Å². The molecule has 0 atom stereocenters. The molecule has 0 saturated heterocycles. The average Bonchev–Trinajstić information content (AvgIpc) is 3.17. The highest BCUT2D eigenvalue weighted by molar-refractivity contribution is 5.96. The maximum absolute atomic E-state index is 12.5. The zero-order valence-electron chi connectivity index (χ0n) is 16.3. The van der Waals surface area contributed by atoms with Crippen LogP contribution >= 0.6 is 0 Å². The summed E-state index contributed by atoms with van der Waals surface area (Å²) in [5.41, 5.74) is 1.34. The Morgan fingerprint density at radius 3 is 2.36 bits per heavy atom. The van der Waals surface area contributed by atoms with Crippen LogP contribution in [0.1, 0.15) is 35.5 Å². The van der Waals surface area contributed by atoms with Gasteiger partial charge in [-0.05, 0) is 43.7 Å². The lowest BCUT2D eigenvalue weighted by Gasteiger charge is -2.17. The van der Waals surface area contributed by atoms with Crippen LogP contribution in [0, 0.1) is 0 Å². The number of nitrogens with zero attached hydrogens (tertiary/aromatic N) is 1. The molecule has 0 saturated carbocycles. The van der Waals surface area contributed by atoms with Crippen molar-refractivity contribution in [3.8, 4) is 0 Å². The van der Waals surface area contributed by atoms with Crippen LogP contribution in [0.2, 0.25) is 0 Å². The number of carbonyl (C=O) groups excluding carboxylic acids is 3. The van der Waals surface area contributed by atoms with Gasteiger partial charge in [-0.15, -0.1) is 0 Å². The van der Waals surface area contributed by atoms with Gasteiger partial charge < -0.3 is 25.3 Å². The minimum absolute atomic E-state index is 0.0573. The number of hydrogen-bond acceptors (Lipinski definition) is 4. The summed E-state index contributed by atoms with van der Waals surface area (Å²) in [6.45, 7) is 4.34. The van der Waals surface area contributed by atoms with Crippen LogP contribution in [0.3, 0.4) is 0 Å². The Labute approximate surface area is 164 Å². The summed E-state index contributed by atoms with van der Waals surface area (Å²) >= 11 is 0. The summed E-state index contributed by atoms with van der Waals surface area (Å²) in [6, 6.07) is 10.2. The van der Waals surface area contributed by atoms with Crippen LogP contribution in [0.5, 0.6) is 0 Å². The summed E-state index contributed by atoms with van der Waals surface area (Å²) in [5.74, 6) is 0.114. The molecular formula is C20H26N4O4. The summed E-state index contributed by atoms with van der Waals surface area (Å²) in [7, 11) is 1.57. The third kappa shape index (κ3) is 6.79. The molecule has 0 aliphatic heterocycles. The number of hydrogen-bond donors (Lipinski definition) is 3. The van der Waals surface area contributed by atoms with Crippen LogP contribution < -0.4 is 16.0 Å². The normalized spacial score (nSPS) is 10.4. The van der Waals surface area contributed by atoms with E-state index in [1.807, 2.05) is 13.8 Å². The van der Waals surface area contributed by atoms with Crippen molar-refractivity contribution >= 4 is 17.8 Å². The number of likely N-dealkylation sites (N-methyl/N-ethyl adjacent to an activating group) is 1. The lowest BCUT2D eigenvalue weighted by molar-refractivity contribution is -0.121. The van der Waals surface area contributed by atoms with E-state index in [9.17, 15) is 14.4 Å². The first-order valence-electron chi connectivity index (χ1n) is 9.03. The maximum Gasteiger partial charge on any atom is 0.315 e. The molecule has 4 amide bonds. The highest BCUT2D eigenvalue weighted by atomic mass is 16.3. The van der Waals surface area contributed by atoms with Crippen molar-refractivity contribution < 1.29 is 18.8 Å². The van der Waals surface area contributed by atoms with E-state index in [-0.39, 0.29) is 37.0 Å². The molecule has 0 aliphatic rings. The van der Waals surface area contributed by atoms with E-state index in [0.29, 0.717) is 17.9 Å². The zero-order chi connectivity index (χ0) is 20.5. The monoisotopic (exact) mass is 386 g/mol. The van der Waals surface area contributed by atoms with Crippen molar-refractivity contribution in [2.24, 2.45) is 0 Å². The van der Waals surface area contributed by atoms with Gasteiger partial charge in [-0.2, -0.15) is 0 Å². The van der Waals surface area contributed by atoms with Gasteiger partial charge in [0.25, 0.3) is 5.91 Å². The fourth-order valence-electron chi connectivity index (χ4n) is 2.42. The molecule has 1 aromatic heterocycles. The van der Waals surface area contributed by atoms with Crippen molar-refractivity contribution in [1.82, 2.24) is 20.9 Å². The number of rotatable bonds is 8. The molecule has 0 unspecified atom stereocenters. The number of urea groups is 1. The minimum Gasteiger partial charge on any atom is -0.467 e. The highest BCUT2D eigenvalue weighted by Crippen LogP contribution is 2.07. The molecule has 1 heterocycles. The number of benzene rings is 1. The van der Waals surface area contributed by atoms with Gasteiger partial charge in [0.15, 0.2) is 0 Å². The Bertz CT molecular complexity index is 785. The molecular weight excluding hydrogens is 360 g/mol. The van der Waals surface area contributed by atoms with Gasteiger partial charge >= 0.3 is 6.03 Å². The fourth-order valence-corrected chi connectivity index (χ4v) is 2.42. The molecule has 0 fully saturated rings. The first-order chi connectivity index (χ1) is 13.3. The molecule has 0 aliphatic carbocycles. The van der Waals surface area contributed by atoms with E-state index in [1.54, 1.807) is 43.4 Å².